The van der Waals surface area contributed by atoms with E-state index in [-0.39, 0.29) is 23.3 Å². The first kappa shape index (κ1) is 15.1. The topological polar surface area (TPSA) is 38.3 Å². The SMILES string of the molecule is COC(=O)[C@H](Cc1ccccc1)NC(C)[C@@H](C)S. The number of esters is 1. The minimum atomic E-state index is -0.331. The first-order valence-corrected chi connectivity index (χ1v) is 6.62. The predicted molar refractivity (Wildman–Crippen MR) is 77.0 cm³/mol. The molecular formula is C14H21NO2S. The van der Waals surface area contributed by atoms with Crippen LogP contribution in [-0.4, -0.2) is 30.4 Å². The van der Waals surface area contributed by atoms with Crippen LogP contribution in [0.5, 0.6) is 0 Å². The molecule has 0 fully saturated rings. The van der Waals surface area contributed by atoms with Crippen molar-refractivity contribution in [3.8, 4) is 0 Å². The van der Waals surface area contributed by atoms with Crippen LogP contribution in [0.2, 0.25) is 0 Å². The van der Waals surface area contributed by atoms with Gasteiger partial charge in [0, 0.05) is 11.3 Å². The van der Waals surface area contributed by atoms with Gasteiger partial charge in [-0.25, -0.2) is 0 Å². The highest BCUT2D eigenvalue weighted by Gasteiger charge is 2.22. The Morgan fingerprint density at radius 1 is 1.33 bits per heavy atom. The van der Waals surface area contributed by atoms with Crippen molar-refractivity contribution < 1.29 is 9.53 Å². The average Bonchev–Trinajstić information content (AvgIpc) is 2.38. The number of benzene rings is 1. The zero-order chi connectivity index (χ0) is 13.5. The van der Waals surface area contributed by atoms with E-state index in [1.54, 1.807) is 0 Å². The number of carbonyl (C=O) groups is 1. The molecule has 0 aliphatic heterocycles. The molecule has 1 unspecified atom stereocenters. The van der Waals surface area contributed by atoms with Crippen LogP contribution in [0.15, 0.2) is 30.3 Å². The Labute approximate surface area is 114 Å². The lowest BCUT2D eigenvalue weighted by Gasteiger charge is -2.23. The summed E-state index contributed by atoms with van der Waals surface area (Å²) in [5.41, 5.74) is 1.11. The summed E-state index contributed by atoms with van der Waals surface area (Å²) in [6.07, 6.45) is 0.623. The van der Waals surface area contributed by atoms with Gasteiger partial charge in [-0.05, 0) is 18.9 Å². The monoisotopic (exact) mass is 267 g/mol. The highest BCUT2D eigenvalue weighted by atomic mass is 32.1. The highest BCUT2D eigenvalue weighted by molar-refractivity contribution is 7.81. The Kier molecular flexibility index (Phi) is 6.22. The molecule has 0 saturated carbocycles. The van der Waals surface area contributed by atoms with E-state index in [1.807, 2.05) is 44.2 Å². The maximum atomic E-state index is 11.8. The molecule has 0 radical (unpaired) electrons. The molecular weight excluding hydrogens is 246 g/mol. The second-order valence-corrected chi connectivity index (χ2v) is 5.28. The van der Waals surface area contributed by atoms with Gasteiger partial charge in [0.25, 0.3) is 0 Å². The van der Waals surface area contributed by atoms with Crippen molar-refractivity contribution in [3.63, 3.8) is 0 Å². The van der Waals surface area contributed by atoms with Crippen molar-refractivity contribution in [2.45, 2.75) is 37.6 Å². The summed E-state index contributed by atoms with van der Waals surface area (Å²) in [6, 6.07) is 9.72. The van der Waals surface area contributed by atoms with Crippen LogP contribution < -0.4 is 5.32 Å². The maximum Gasteiger partial charge on any atom is 0.323 e. The van der Waals surface area contributed by atoms with Gasteiger partial charge in [-0.3, -0.25) is 4.79 Å². The van der Waals surface area contributed by atoms with E-state index in [2.05, 4.69) is 17.9 Å². The molecule has 18 heavy (non-hydrogen) atoms. The molecule has 0 bridgehead atoms. The third kappa shape index (κ3) is 4.70. The molecule has 0 spiro atoms. The molecule has 1 aromatic rings. The first-order chi connectivity index (χ1) is 8.54. The van der Waals surface area contributed by atoms with Gasteiger partial charge in [0.1, 0.15) is 6.04 Å². The quantitative estimate of drug-likeness (QED) is 0.612. The number of methoxy groups -OCH3 is 1. The fourth-order valence-corrected chi connectivity index (χ4v) is 1.75. The Bertz CT molecular complexity index is 367. The largest absolute Gasteiger partial charge is 0.468 e. The number of hydrogen-bond donors (Lipinski definition) is 2. The lowest BCUT2D eigenvalue weighted by atomic mass is 10.0. The molecule has 0 aliphatic rings. The average molecular weight is 267 g/mol. The summed E-state index contributed by atoms with van der Waals surface area (Å²) >= 11 is 4.38. The summed E-state index contributed by atoms with van der Waals surface area (Å²) in [5, 5.41) is 3.44. The second-order valence-electron chi connectivity index (χ2n) is 4.46. The summed E-state index contributed by atoms with van der Waals surface area (Å²) in [6.45, 7) is 4.01. The zero-order valence-corrected chi connectivity index (χ0v) is 12.0. The van der Waals surface area contributed by atoms with Gasteiger partial charge in [0.05, 0.1) is 7.11 Å². The van der Waals surface area contributed by atoms with Crippen molar-refractivity contribution in [1.82, 2.24) is 5.32 Å². The van der Waals surface area contributed by atoms with Crippen molar-refractivity contribution in [1.29, 1.82) is 0 Å². The summed E-state index contributed by atoms with van der Waals surface area (Å²) in [5.74, 6) is -0.236. The summed E-state index contributed by atoms with van der Waals surface area (Å²) < 4.78 is 4.84. The second kappa shape index (κ2) is 7.44. The minimum absolute atomic E-state index is 0.140. The van der Waals surface area contributed by atoms with Gasteiger partial charge in [-0.15, -0.1) is 0 Å². The van der Waals surface area contributed by atoms with Crippen LogP contribution in [0.3, 0.4) is 0 Å². The van der Waals surface area contributed by atoms with Crippen molar-refractivity contribution >= 4 is 18.6 Å². The van der Waals surface area contributed by atoms with Crippen molar-refractivity contribution in [3.05, 3.63) is 35.9 Å². The number of ether oxygens (including phenoxy) is 1. The maximum absolute atomic E-state index is 11.8. The normalized spacial score (nSPS) is 15.8. The first-order valence-electron chi connectivity index (χ1n) is 6.10. The molecule has 1 N–H and O–H groups in total. The Balaban J connectivity index is 2.70. The number of hydrogen-bond acceptors (Lipinski definition) is 4. The van der Waals surface area contributed by atoms with E-state index >= 15 is 0 Å². The van der Waals surface area contributed by atoms with E-state index in [1.165, 1.54) is 7.11 Å². The molecule has 1 aromatic carbocycles. The molecule has 0 amide bonds. The van der Waals surface area contributed by atoms with Gasteiger partial charge in [0.2, 0.25) is 0 Å². The van der Waals surface area contributed by atoms with Crippen molar-refractivity contribution in [2.75, 3.05) is 7.11 Å². The Morgan fingerprint density at radius 2 is 1.94 bits per heavy atom. The number of carbonyl (C=O) groups excluding carboxylic acids is 1. The van der Waals surface area contributed by atoms with E-state index in [4.69, 9.17) is 4.74 Å². The molecule has 1 rings (SSSR count). The zero-order valence-electron chi connectivity index (χ0n) is 11.1. The molecule has 0 heterocycles. The van der Waals surface area contributed by atoms with Crippen LogP contribution in [-0.2, 0) is 16.0 Å². The number of rotatable bonds is 6. The predicted octanol–water partition coefficient (Wildman–Crippen LogP) is 2.07. The minimum Gasteiger partial charge on any atom is -0.468 e. The number of thiol groups is 1. The van der Waals surface area contributed by atoms with E-state index in [9.17, 15) is 4.79 Å². The van der Waals surface area contributed by atoms with E-state index in [0.29, 0.717) is 6.42 Å². The van der Waals surface area contributed by atoms with Crippen LogP contribution in [0, 0.1) is 0 Å². The molecule has 3 nitrogen and oxygen atoms in total. The van der Waals surface area contributed by atoms with Gasteiger partial charge in [-0.2, -0.15) is 12.6 Å². The molecule has 0 aliphatic carbocycles. The highest BCUT2D eigenvalue weighted by Crippen LogP contribution is 2.08. The van der Waals surface area contributed by atoms with Crippen LogP contribution in [0.25, 0.3) is 0 Å². The lowest BCUT2D eigenvalue weighted by Crippen LogP contribution is -2.46. The third-order valence-corrected chi connectivity index (χ3v) is 3.40. The molecule has 0 saturated heterocycles. The summed E-state index contributed by atoms with van der Waals surface area (Å²) in [4.78, 5) is 11.8. The van der Waals surface area contributed by atoms with Crippen LogP contribution >= 0.6 is 12.6 Å². The lowest BCUT2D eigenvalue weighted by molar-refractivity contribution is -0.143. The standard InChI is InChI=1S/C14H21NO2S/c1-10(11(2)18)15-13(14(16)17-3)9-12-7-5-4-6-8-12/h4-8,10-11,13,15,18H,9H2,1-3H3/t10?,11-,13+/m1/s1. The molecule has 100 valence electrons. The van der Waals surface area contributed by atoms with Gasteiger partial charge >= 0.3 is 5.97 Å². The van der Waals surface area contributed by atoms with Crippen LogP contribution in [0.4, 0.5) is 0 Å². The summed E-state index contributed by atoms with van der Waals surface area (Å²) in [7, 11) is 1.41. The molecule has 4 heteroatoms. The van der Waals surface area contributed by atoms with E-state index in [0.717, 1.165) is 5.56 Å². The smallest absolute Gasteiger partial charge is 0.323 e. The van der Waals surface area contributed by atoms with E-state index < -0.39 is 0 Å². The molecule has 0 aromatic heterocycles. The van der Waals surface area contributed by atoms with Gasteiger partial charge in [0.15, 0.2) is 0 Å². The fraction of sp³-hybridized carbons (Fsp3) is 0.500. The number of nitrogens with one attached hydrogen (secondary N) is 1. The molecule has 3 atom stereocenters. The van der Waals surface area contributed by atoms with Crippen molar-refractivity contribution in [2.24, 2.45) is 0 Å². The fourth-order valence-electron chi connectivity index (χ4n) is 1.66. The van der Waals surface area contributed by atoms with Gasteiger partial charge < -0.3 is 10.1 Å². The van der Waals surface area contributed by atoms with Gasteiger partial charge in [-0.1, -0.05) is 37.3 Å². The third-order valence-electron chi connectivity index (χ3n) is 2.96. The van der Waals surface area contributed by atoms with Crippen LogP contribution in [0.1, 0.15) is 19.4 Å². The Hall–Kier alpha value is -1.00. The Morgan fingerprint density at radius 3 is 2.44 bits per heavy atom.